The van der Waals surface area contributed by atoms with E-state index in [2.05, 4.69) is 9.97 Å². The molecular formula is C12H10F2N2O2. The van der Waals surface area contributed by atoms with Crippen molar-refractivity contribution in [1.82, 2.24) is 9.97 Å². The molecule has 2 rings (SSSR count). The molecule has 0 amide bonds. The van der Waals surface area contributed by atoms with E-state index < -0.39 is 23.3 Å². The summed E-state index contributed by atoms with van der Waals surface area (Å²) in [5, 5.41) is 10.0. The molecule has 1 unspecified atom stereocenters. The summed E-state index contributed by atoms with van der Waals surface area (Å²) in [4.78, 5) is 7.65. The predicted molar refractivity (Wildman–Crippen MR) is 59.0 cm³/mol. The van der Waals surface area contributed by atoms with Crippen molar-refractivity contribution in [2.45, 2.75) is 6.10 Å². The molecule has 1 heterocycles. The molecule has 0 saturated carbocycles. The summed E-state index contributed by atoms with van der Waals surface area (Å²) in [7, 11) is 1.33. The SMILES string of the molecule is COc1nccnc1C(O)c1c(F)cccc1F. The Hall–Kier alpha value is -2.08. The number of aliphatic hydroxyl groups excluding tert-OH is 1. The van der Waals surface area contributed by atoms with Gasteiger partial charge < -0.3 is 9.84 Å². The second-order valence-electron chi connectivity index (χ2n) is 3.49. The minimum absolute atomic E-state index is 0.0210. The van der Waals surface area contributed by atoms with Gasteiger partial charge in [-0.25, -0.2) is 13.8 Å². The Bertz CT molecular complexity index is 543. The second-order valence-corrected chi connectivity index (χ2v) is 3.49. The third-order valence-corrected chi connectivity index (χ3v) is 2.42. The van der Waals surface area contributed by atoms with E-state index >= 15 is 0 Å². The van der Waals surface area contributed by atoms with Gasteiger partial charge in [0.25, 0.3) is 0 Å². The molecule has 0 aliphatic rings. The molecular weight excluding hydrogens is 242 g/mol. The zero-order valence-electron chi connectivity index (χ0n) is 9.47. The Morgan fingerprint density at radius 1 is 1.17 bits per heavy atom. The van der Waals surface area contributed by atoms with Crippen LogP contribution in [0.1, 0.15) is 17.4 Å². The number of hydrogen-bond donors (Lipinski definition) is 1. The first-order valence-electron chi connectivity index (χ1n) is 5.12. The van der Waals surface area contributed by atoms with Gasteiger partial charge in [-0.05, 0) is 12.1 Å². The van der Waals surface area contributed by atoms with Crippen LogP contribution in [0.15, 0.2) is 30.6 Å². The average Bonchev–Trinajstić information content (AvgIpc) is 2.38. The van der Waals surface area contributed by atoms with Crippen molar-refractivity contribution in [2.24, 2.45) is 0 Å². The largest absolute Gasteiger partial charge is 0.480 e. The van der Waals surface area contributed by atoms with Gasteiger partial charge >= 0.3 is 0 Å². The number of hydrogen-bond acceptors (Lipinski definition) is 4. The lowest BCUT2D eigenvalue weighted by Crippen LogP contribution is -2.10. The van der Waals surface area contributed by atoms with Crippen LogP contribution in [-0.2, 0) is 0 Å². The summed E-state index contributed by atoms with van der Waals surface area (Å²) in [6, 6.07) is 3.34. The maximum absolute atomic E-state index is 13.5. The van der Waals surface area contributed by atoms with Crippen LogP contribution in [0, 0.1) is 11.6 Å². The van der Waals surface area contributed by atoms with E-state index in [0.717, 1.165) is 12.1 Å². The quantitative estimate of drug-likeness (QED) is 0.905. The van der Waals surface area contributed by atoms with E-state index in [9.17, 15) is 13.9 Å². The van der Waals surface area contributed by atoms with Gasteiger partial charge in [0.05, 0.1) is 12.7 Å². The lowest BCUT2D eigenvalue weighted by molar-refractivity contribution is 0.197. The third-order valence-electron chi connectivity index (χ3n) is 2.42. The molecule has 0 fully saturated rings. The third kappa shape index (κ3) is 2.14. The zero-order valence-corrected chi connectivity index (χ0v) is 9.47. The van der Waals surface area contributed by atoms with Crippen LogP contribution < -0.4 is 4.74 Å². The van der Waals surface area contributed by atoms with Gasteiger partial charge in [0, 0.05) is 12.4 Å². The minimum atomic E-state index is -1.57. The number of halogens is 2. The maximum atomic E-state index is 13.5. The van der Waals surface area contributed by atoms with E-state index in [1.807, 2.05) is 0 Å². The summed E-state index contributed by atoms with van der Waals surface area (Å²) in [6.45, 7) is 0. The summed E-state index contributed by atoms with van der Waals surface area (Å²) in [6.07, 6.45) is 1.09. The highest BCUT2D eigenvalue weighted by Crippen LogP contribution is 2.29. The minimum Gasteiger partial charge on any atom is -0.480 e. The highest BCUT2D eigenvalue weighted by molar-refractivity contribution is 5.32. The molecule has 18 heavy (non-hydrogen) atoms. The predicted octanol–water partition coefficient (Wildman–Crippen LogP) is 1.85. The Labute approximate surface area is 102 Å². The second kappa shape index (κ2) is 5.05. The zero-order chi connectivity index (χ0) is 13.1. The number of benzene rings is 1. The first-order chi connectivity index (χ1) is 8.65. The van der Waals surface area contributed by atoms with E-state index in [1.165, 1.54) is 25.6 Å². The van der Waals surface area contributed by atoms with Gasteiger partial charge in [0.15, 0.2) is 0 Å². The van der Waals surface area contributed by atoms with Crippen LogP contribution >= 0.6 is 0 Å². The van der Waals surface area contributed by atoms with Crippen LogP contribution in [-0.4, -0.2) is 22.2 Å². The van der Waals surface area contributed by atoms with Gasteiger partial charge in [0.1, 0.15) is 23.4 Å². The molecule has 1 aromatic carbocycles. The monoisotopic (exact) mass is 252 g/mol. The molecule has 94 valence electrons. The molecule has 0 radical (unpaired) electrons. The molecule has 1 aromatic heterocycles. The van der Waals surface area contributed by atoms with Crippen LogP contribution in [0.4, 0.5) is 8.78 Å². The smallest absolute Gasteiger partial charge is 0.238 e. The average molecular weight is 252 g/mol. The van der Waals surface area contributed by atoms with Crippen LogP contribution in [0.3, 0.4) is 0 Å². The molecule has 1 atom stereocenters. The molecule has 0 bridgehead atoms. The lowest BCUT2D eigenvalue weighted by atomic mass is 10.1. The molecule has 0 aliphatic heterocycles. The van der Waals surface area contributed by atoms with Gasteiger partial charge in [0.2, 0.25) is 5.88 Å². The van der Waals surface area contributed by atoms with Crippen LogP contribution in [0.25, 0.3) is 0 Å². The summed E-state index contributed by atoms with van der Waals surface area (Å²) >= 11 is 0. The summed E-state index contributed by atoms with van der Waals surface area (Å²) in [5.41, 5.74) is -0.514. The molecule has 6 heteroatoms. The van der Waals surface area contributed by atoms with E-state index in [-0.39, 0.29) is 11.6 Å². The highest BCUT2D eigenvalue weighted by atomic mass is 19.1. The molecule has 0 saturated heterocycles. The summed E-state index contributed by atoms with van der Waals surface area (Å²) < 4.78 is 32.0. The fourth-order valence-corrected chi connectivity index (χ4v) is 1.59. The van der Waals surface area contributed by atoms with E-state index in [4.69, 9.17) is 4.74 Å². The first-order valence-corrected chi connectivity index (χ1v) is 5.12. The molecule has 1 N–H and O–H groups in total. The number of ether oxygens (including phenoxy) is 1. The Morgan fingerprint density at radius 2 is 1.78 bits per heavy atom. The van der Waals surface area contributed by atoms with E-state index in [1.54, 1.807) is 0 Å². The number of methoxy groups -OCH3 is 1. The van der Waals surface area contributed by atoms with Gasteiger partial charge in [-0.2, -0.15) is 0 Å². The number of aromatic nitrogens is 2. The van der Waals surface area contributed by atoms with Crippen molar-refractivity contribution in [3.05, 3.63) is 53.5 Å². The van der Waals surface area contributed by atoms with Crippen LogP contribution in [0.5, 0.6) is 5.88 Å². The van der Waals surface area contributed by atoms with Crippen molar-refractivity contribution in [2.75, 3.05) is 7.11 Å². The van der Waals surface area contributed by atoms with Gasteiger partial charge in [-0.3, -0.25) is 4.98 Å². The van der Waals surface area contributed by atoms with Crippen molar-refractivity contribution < 1.29 is 18.6 Å². The fraction of sp³-hybridized carbons (Fsp3) is 0.167. The standard InChI is InChI=1S/C12H10F2N2O2/c1-18-12-10(15-5-6-16-12)11(17)9-7(13)3-2-4-8(9)14/h2-6,11,17H,1H3. The van der Waals surface area contributed by atoms with Gasteiger partial charge in [-0.15, -0.1) is 0 Å². The lowest BCUT2D eigenvalue weighted by Gasteiger charge is -2.14. The van der Waals surface area contributed by atoms with Crippen LogP contribution in [0.2, 0.25) is 0 Å². The highest BCUT2D eigenvalue weighted by Gasteiger charge is 2.24. The molecule has 0 spiro atoms. The topological polar surface area (TPSA) is 55.2 Å². The van der Waals surface area contributed by atoms with Gasteiger partial charge in [-0.1, -0.05) is 6.07 Å². The summed E-state index contributed by atoms with van der Waals surface area (Å²) in [5.74, 6) is -1.68. The molecule has 2 aromatic rings. The van der Waals surface area contributed by atoms with Crippen molar-refractivity contribution in [3.8, 4) is 5.88 Å². The number of nitrogens with zero attached hydrogens (tertiary/aromatic N) is 2. The van der Waals surface area contributed by atoms with E-state index in [0.29, 0.717) is 0 Å². The maximum Gasteiger partial charge on any atom is 0.238 e. The van der Waals surface area contributed by atoms with Crippen molar-refractivity contribution in [3.63, 3.8) is 0 Å². The molecule has 4 nitrogen and oxygen atoms in total. The number of aliphatic hydroxyl groups is 1. The van der Waals surface area contributed by atoms with Crippen molar-refractivity contribution in [1.29, 1.82) is 0 Å². The first kappa shape index (κ1) is 12.4. The Balaban J connectivity index is 2.51. The Kier molecular flexibility index (Phi) is 3.47. The molecule has 0 aliphatic carbocycles. The fourth-order valence-electron chi connectivity index (χ4n) is 1.59. The normalized spacial score (nSPS) is 12.2. The Morgan fingerprint density at radius 3 is 2.39 bits per heavy atom. The van der Waals surface area contributed by atoms with Crippen molar-refractivity contribution >= 4 is 0 Å². The number of rotatable bonds is 3.